The van der Waals surface area contributed by atoms with Gasteiger partial charge < -0.3 is 15.5 Å². The Balaban J connectivity index is 1.42. The molecule has 0 aliphatic heterocycles. The zero-order chi connectivity index (χ0) is 24.9. The van der Waals surface area contributed by atoms with Gasteiger partial charge >= 0.3 is 0 Å². The van der Waals surface area contributed by atoms with E-state index in [0.29, 0.717) is 25.2 Å². The Labute approximate surface area is 209 Å². The maximum Gasteiger partial charge on any atom is 0.251 e. The van der Waals surface area contributed by atoms with Crippen molar-refractivity contribution in [3.05, 3.63) is 95.8 Å². The third kappa shape index (κ3) is 5.34. The molecule has 36 heavy (non-hydrogen) atoms. The van der Waals surface area contributed by atoms with E-state index in [1.807, 2.05) is 90.5 Å². The number of benzene rings is 3. The van der Waals surface area contributed by atoms with Crippen LogP contribution in [-0.4, -0.2) is 58.0 Å². The molecule has 1 amide bonds. The predicted molar refractivity (Wildman–Crippen MR) is 143 cm³/mol. The first-order chi connectivity index (χ1) is 17.6. The monoisotopic (exact) mass is 479 g/mol. The average Bonchev–Trinajstić information content (AvgIpc) is 3.33. The molecule has 0 atom stereocenters. The number of amides is 1. The highest BCUT2D eigenvalue weighted by Crippen LogP contribution is 2.31. The Hall–Kier alpha value is -4.30. The van der Waals surface area contributed by atoms with Gasteiger partial charge in [0, 0.05) is 29.4 Å². The number of anilines is 1. The van der Waals surface area contributed by atoms with E-state index in [0.717, 1.165) is 39.7 Å². The molecule has 0 saturated heterocycles. The predicted octanol–water partition coefficient (Wildman–Crippen LogP) is 3.93. The molecule has 8 nitrogen and oxygen atoms in total. The first kappa shape index (κ1) is 23.4. The van der Waals surface area contributed by atoms with Crippen LogP contribution in [0.1, 0.15) is 21.6 Å². The fourth-order valence-electron chi connectivity index (χ4n) is 4.16. The molecule has 0 unspecified atom stereocenters. The number of pyridine rings is 1. The number of rotatable bonds is 9. The molecule has 182 valence electrons. The number of hydrogen-bond acceptors (Lipinski definition) is 6. The first-order valence-electron chi connectivity index (χ1n) is 12.0. The van der Waals surface area contributed by atoms with Gasteiger partial charge in [0.2, 0.25) is 0 Å². The Morgan fingerprint density at radius 1 is 0.944 bits per heavy atom. The van der Waals surface area contributed by atoms with Gasteiger partial charge in [0.1, 0.15) is 5.69 Å². The summed E-state index contributed by atoms with van der Waals surface area (Å²) in [4.78, 5) is 19.6. The first-order valence-corrected chi connectivity index (χ1v) is 12.0. The smallest absolute Gasteiger partial charge is 0.251 e. The van der Waals surface area contributed by atoms with Crippen molar-refractivity contribution < 1.29 is 4.79 Å². The second-order valence-corrected chi connectivity index (χ2v) is 9.04. The molecular weight excluding hydrogens is 450 g/mol. The molecule has 0 saturated carbocycles. The van der Waals surface area contributed by atoms with E-state index >= 15 is 0 Å². The van der Waals surface area contributed by atoms with Crippen LogP contribution in [0.4, 0.5) is 5.69 Å². The molecule has 0 aliphatic rings. The molecular formula is C28H29N7O. The minimum Gasteiger partial charge on any atom is -0.378 e. The molecule has 2 aromatic heterocycles. The summed E-state index contributed by atoms with van der Waals surface area (Å²) >= 11 is 0. The largest absolute Gasteiger partial charge is 0.378 e. The standard InChI is InChI=1S/C28H29N7O/c1-34(2)15-14-29-28(36)21-12-13-26-24(16-21)27(23-10-6-7-11-25(23)31-26)30-17-22-19-35(33-32-22)18-20-8-4-3-5-9-20/h3-13,16,19H,14-15,17-18H2,1-2H3,(H,29,36)(H,30,31). The number of carbonyl (C=O) groups is 1. The van der Waals surface area contributed by atoms with Crippen LogP contribution in [0.5, 0.6) is 0 Å². The van der Waals surface area contributed by atoms with Crippen LogP contribution in [-0.2, 0) is 13.1 Å². The van der Waals surface area contributed by atoms with Gasteiger partial charge in [0.15, 0.2) is 0 Å². The molecule has 8 heteroatoms. The van der Waals surface area contributed by atoms with Crippen molar-refractivity contribution in [3.63, 3.8) is 0 Å². The topological polar surface area (TPSA) is 88.0 Å². The maximum atomic E-state index is 12.8. The zero-order valence-electron chi connectivity index (χ0n) is 20.5. The Morgan fingerprint density at radius 2 is 1.72 bits per heavy atom. The van der Waals surface area contributed by atoms with Crippen molar-refractivity contribution >= 4 is 33.4 Å². The second-order valence-electron chi connectivity index (χ2n) is 9.04. The highest BCUT2D eigenvalue weighted by molar-refractivity contribution is 6.09. The SMILES string of the molecule is CN(C)CCNC(=O)c1ccc2nc3ccccc3c(NCc3cn(Cc4ccccc4)nn3)c2c1. The molecule has 0 aliphatic carbocycles. The van der Waals surface area contributed by atoms with Crippen LogP contribution < -0.4 is 10.6 Å². The maximum absolute atomic E-state index is 12.8. The van der Waals surface area contributed by atoms with E-state index in [2.05, 4.69) is 33.1 Å². The molecule has 5 rings (SSSR count). The fraction of sp³-hybridized carbons (Fsp3) is 0.214. The van der Waals surface area contributed by atoms with E-state index in [1.54, 1.807) is 0 Å². The van der Waals surface area contributed by atoms with Gasteiger partial charge in [-0.3, -0.25) is 4.79 Å². The van der Waals surface area contributed by atoms with Crippen molar-refractivity contribution in [1.82, 2.24) is 30.2 Å². The Kier molecular flexibility index (Phi) is 6.86. The summed E-state index contributed by atoms with van der Waals surface area (Å²) < 4.78 is 1.84. The summed E-state index contributed by atoms with van der Waals surface area (Å²) in [5.41, 5.74) is 5.26. The van der Waals surface area contributed by atoms with Crippen molar-refractivity contribution in [1.29, 1.82) is 0 Å². The van der Waals surface area contributed by atoms with E-state index in [1.165, 1.54) is 5.56 Å². The molecule has 2 heterocycles. The van der Waals surface area contributed by atoms with Gasteiger partial charge in [0.05, 0.1) is 36.0 Å². The average molecular weight is 480 g/mol. The van der Waals surface area contributed by atoms with Gasteiger partial charge in [-0.25, -0.2) is 9.67 Å². The molecule has 0 bridgehead atoms. The lowest BCUT2D eigenvalue weighted by atomic mass is 10.0. The molecule has 3 aromatic carbocycles. The van der Waals surface area contributed by atoms with E-state index in [4.69, 9.17) is 4.98 Å². The number of nitrogens with one attached hydrogen (secondary N) is 2. The number of carbonyl (C=O) groups excluding carboxylic acids is 1. The summed E-state index contributed by atoms with van der Waals surface area (Å²) in [5, 5.41) is 17.1. The van der Waals surface area contributed by atoms with E-state index in [-0.39, 0.29) is 5.91 Å². The summed E-state index contributed by atoms with van der Waals surface area (Å²) in [7, 11) is 3.97. The molecule has 2 N–H and O–H groups in total. The molecule has 0 radical (unpaired) electrons. The number of nitrogens with zero attached hydrogens (tertiary/aromatic N) is 5. The number of hydrogen-bond donors (Lipinski definition) is 2. The number of likely N-dealkylation sites (N-methyl/N-ethyl adjacent to an activating group) is 1. The van der Waals surface area contributed by atoms with Crippen LogP contribution in [0.15, 0.2) is 79.0 Å². The van der Waals surface area contributed by atoms with Crippen molar-refractivity contribution in [2.45, 2.75) is 13.1 Å². The molecule has 5 aromatic rings. The second kappa shape index (κ2) is 10.5. The number of para-hydroxylation sites is 1. The molecule has 0 fully saturated rings. The van der Waals surface area contributed by atoms with Crippen molar-refractivity contribution in [2.75, 3.05) is 32.5 Å². The van der Waals surface area contributed by atoms with Gasteiger partial charge in [-0.15, -0.1) is 5.10 Å². The van der Waals surface area contributed by atoms with Crippen molar-refractivity contribution in [2.24, 2.45) is 0 Å². The lowest BCUT2D eigenvalue weighted by Gasteiger charge is -2.14. The lowest BCUT2D eigenvalue weighted by Crippen LogP contribution is -2.31. The van der Waals surface area contributed by atoms with Crippen LogP contribution >= 0.6 is 0 Å². The van der Waals surface area contributed by atoms with Gasteiger partial charge in [-0.05, 0) is 43.9 Å². The van der Waals surface area contributed by atoms with Crippen LogP contribution in [0.3, 0.4) is 0 Å². The van der Waals surface area contributed by atoms with E-state index in [9.17, 15) is 4.79 Å². The van der Waals surface area contributed by atoms with Crippen LogP contribution in [0.25, 0.3) is 21.8 Å². The minimum absolute atomic E-state index is 0.0956. The van der Waals surface area contributed by atoms with Crippen LogP contribution in [0, 0.1) is 0 Å². The minimum atomic E-state index is -0.0956. The van der Waals surface area contributed by atoms with E-state index < -0.39 is 0 Å². The summed E-state index contributed by atoms with van der Waals surface area (Å²) in [6.07, 6.45) is 1.95. The quantitative estimate of drug-likeness (QED) is 0.312. The van der Waals surface area contributed by atoms with Crippen molar-refractivity contribution in [3.8, 4) is 0 Å². The van der Waals surface area contributed by atoms with Gasteiger partial charge in [-0.1, -0.05) is 53.7 Å². The Bertz CT molecular complexity index is 1490. The van der Waals surface area contributed by atoms with Gasteiger partial charge in [-0.2, -0.15) is 0 Å². The van der Waals surface area contributed by atoms with Gasteiger partial charge in [0.25, 0.3) is 5.91 Å². The third-order valence-corrected chi connectivity index (χ3v) is 6.01. The molecule has 0 spiro atoms. The number of fused-ring (bicyclic) bond motifs is 2. The third-order valence-electron chi connectivity index (χ3n) is 6.01. The normalized spacial score (nSPS) is 11.3. The summed E-state index contributed by atoms with van der Waals surface area (Å²) in [6, 6.07) is 23.8. The Morgan fingerprint density at radius 3 is 2.56 bits per heavy atom. The highest BCUT2D eigenvalue weighted by Gasteiger charge is 2.13. The summed E-state index contributed by atoms with van der Waals surface area (Å²) in [5.74, 6) is -0.0956. The summed E-state index contributed by atoms with van der Waals surface area (Å²) in [6.45, 7) is 2.53. The van der Waals surface area contributed by atoms with Crippen LogP contribution in [0.2, 0.25) is 0 Å². The lowest BCUT2D eigenvalue weighted by molar-refractivity contribution is 0.0951. The zero-order valence-corrected chi connectivity index (χ0v) is 20.5. The highest BCUT2D eigenvalue weighted by atomic mass is 16.1. The number of aromatic nitrogens is 4. The fourth-order valence-corrected chi connectivity index (χ4v) is 4.16.